The van der Waals surface area contributed by atoms with E-state index in [9.17, 15) is 9.59 Å². The van der Waals surface area contributed by atoms with Crippen LogP contribution in [-0.4, -0.2) is 17.4 Å². The lowest BCUT2D eigenvalue weighted by atomic mass is 9.97. The Hall–Kier alpha value is -0.910. The maximum atomic E-state index is 10.7. The van der Waals surface area contributed by atoms with Gasteiger partial charge in [0, 0.05) is 9.13 Å². The molecule has 0 heterocycles. The molecule has 14 heavy (non-hydrogen) atoms. The van der Waals surface area contributed by atoms with Gasteiger partial charge in [-0.05, 0) is 47.2 Å². The van der Waals surface area contributed by atoms with Crippen molar-refractivity contribution in [3.8, 4) is 0 Å². The number of carbonyl (C=O) groups excluding carboxylic acids is 1. The van der Waals surface area contributed by atoms with E-state index in [1.807, 2.05) is 0 Å². The van der Waals surface area contributed by atoms with Crippen LogP contribution in [0.1, 0.15) is 28.8 Å². The molecule has 0 aliphatic heterocycles. The SMILES string of the molecule is CC(C(=O)O)c1ccc(I)cc1C=O. The molecule has 74 valence electrons. The van der Waals surface area contributed by atoms with Gasteiger partial charge in [0.2, 0.25) is 0 Å². The fourth-order valence-corrected chi connectivity index (χ4v) is 1.69. The molecule has 0 aliphatic carbocycles. The Bertz CT molecular complexity index is 374. The van der Waals surface area contributed by atoms with E-state index in [-0.39, 0.29) is 0 Å². The number of aliphatic carboxylic acids is 1. The van der Waals surface area contributed by atoms with Crippen LogP contribution in [0.5, 0.6) is 0 Å². The Morgan fingerprint density at radius 1 is 1.57 bits per heavy atom. The molecule has 0 bridgehead atoms. The van der Waals surface area contributed by atoms with E-state index in [2.05, 4.69) is 22.6 Å². The summed E-state index contributed by atoms with van der Waals surface area (Å²) in [7, 11) is 0. The highest BCUT2D eigenvalue weighted by molar-refractivity contribution is 14.1. The molecule has 1 aromatic carbocycles. The zero-order chi connectivity index (χ0) is 10.7. The first-order chi connectivity index (χ1) is 6.56. The van der Waals surface area contributed by atoms with E-state index < -0.39 is 11.9 Å². The maximum absolute atomic E-state index is 10.7. The first-order valence-corrected chi connectivity index (χ1v) is 5.11. The van der Waals surface area contributed by atoms with Crippen LogP contribution in [-0.2, 0) is 4.79 Å². The van der Waals surface area contributed by atoms with Gasteiger partial charge in [-0.25, -0.2) is 0 Å². The number of rotatable bonds is 3. The third-order valence-electron chi connectivity index (χ3n) is 2.01. The summed E-state index contributed by atoms with van der Waals surface area (Å²) in [5.74, 6) is -1.57. The van der Waals surface area contributed by atoms with Crippen LogP contribution in [0.25, 0.3) is 0 Å². The van der Waals surface area contributed by atoms with Crippen LogP contribution < -0.4 is 0 Å². The molecule has 0 aromatic heterocycles. The van der Waals surface area contributed by atoms with Crippen LogP contribution in [0.15, 0.2) is 18.2 Å². The minimum absolute atomic E-state index is 0.451. The molecular weight excluding hydrogens is 295 g/mol. The summed E-state index contributed by atoms with van der Waals surface area (Å²) < 4.78 is 0.922. The third-order valence-corrected chi connectivity index (χ3v) is 2.68. The highest BCUT2D eigenvalue weighted by Gasteiger charge is 2.16. The normalized spacial score (nSPS) is 12.1. The standard InChI is InChI=1S/C10H9IO3/c1-6(10(13)14)9-3-2-8(11)4-7(9)5-12/h2-6H,1H3,(H,13,14). The molecule has 1 atom stereocenters. The number of carbonyl (C=O) groups is 2. The van der Waals surface area contributed by atoms with Crippen molar-refractivity contribution < 1.29 is 14.7 Å². The van der Waals surface area contributed by atoms with E-state index in [1.165, 1.54) is 0 Å². The average Bonchev–Trinajstić information content (AvgIpc) is 2.16. The molecule has 0 fully saturated rings. The van der Waals surface area contributed by atoms with Crippen molar-refractivity contribution >= 4 is 34.8 Å². The van der Waals surface area contributed by atoms with E-state index in [4.69, 9.17) is 5.11 Å². The Morgan fingerprint density at radius 2 is 2.21 bits per heavy atom. The van der Waals surface area contributed by atoms with Gasteiger partial charge in [0.1, 0.15) is 6.29 Å². The number of hydrogen-bond acceptors (Lipinski definition) is 2. The van der Waals surface area contributed by atoms with Gasteiger partial charge in [0.15, 0.2) is 0 Å². The quantitative estimate of drug-likeness (QED) is 0.688. The van der Waals surface area contributed by atoms with E-state index >= 15 is 0 Å². The van der Waals surface area contributed by atoms with Gasteiger partial charge < -0.3 is 5.11 Å². The highest BCUT2D eigenvalue weighted by Crippen LogP contribution is 2.21. The lowest BCUT2D eigenvalue weighted by Crippen LogP contribution is -2.09. The number of aldehydes is 1. The summed E-state index contributed by atoms with van der Waals surface area (Å²) in [6, 6.07) is 5.16. The molecule has 0 aliphatic rings. The number of carboxylic acid groups (broad SMARTS) is 1. The van der Waals surface area contributed by atoms with Gasteiger partial charge in [0.05, 0.1) is 5.92 Å². The molecule has 0 saturated carbocycles. The largest absolute Gasteiger partial charge is 0.481 e. The summed E-state index contributed by atoms with van der Waals surface area (Å²) in [6.45, 7) is 1.57. The number of benzene rings is 1. The molecule has 1 unspecified atom stereocenters. The van der Waals surface area contributed by atoms with Crippen LogP contribution >= 0.6 is 22.6 Å². The van der Waals surface area contributed by atoms with E-state index in [1.54, 1.807) is 25.1 Å². The van der Waals surface area contributed by atoms with Gasteiger partial charge in [-0.3, -0.25) is 9.59 Å². The minimum atomic E-state index is -0.922. The monoisotopic (exact) mass is 304 g/mol. The molecule has 4 heteroatoms. The van der Waals surface area contributed by atoms with Gasteiger partial charge in [0.25, 0.3) is 0 Å². The van der Waals surface area contributed by atoms with Crippen molar-refractivity contribution in [2.45, 2.75) is 12.8 Å². The minimum Gasteiger partial charge on any atom is -0.481 e. The lowest BCUT2D eigenvalue weighted by molar-refractivity contribution is -0.138. The molecule has 0 radical (unpaired) electrons. The van der Waals surface area contributed by atoms with Crippen molar-refractivity contribution in [2.75, 3.05) is 0 Å². The highest BCUT2D eigenvalue weighted by atomic mass is 127. The van der Waals surface area contributed by atoms with Crippen LogP contribution in [0, 0.1) is 3.57 Å². The second-order valence-electron chi connectivity index (χ2n) is 2.95. The fraction of sp³-hybridized carbons (Fsp3) is 0.200. The molecule has 0 amide bonds. The molecule has 0 saturated heterocycles. The lowest BCUT2D eigenvalue weighted by Gasteiger charge is -2.09. The van der Waals surface area contributed by atoms with E-state index in [0.717, 1.165) is 3.57 Å². The molecule has 1 aromatic rings. The van der Waals surface area contributed by atoms with Gasteiger partial charge in [-0.2, -0.15) is 0 Å². The average molecular weight is 304 g/mol. The topological polar surface area (TPSA) is 54.4 Å². The molecular formula is C10H9IO3. The van der Waals surface area contributed by atoms with Gasteiger partial charge in [-0.1, -0.05) is 6.07 Å². The number of carboxylic acids is 1. The molecule has 1 rings (SSSR count). The maximum Gasteiger partial charge on any atom is 0.310 e. The van der Waals surface area contributed by atoms with Crippen molar-refractivity contribution in [3.05, 3.63) is 32.9 Å². The van der Waals surface area contributed by atoms with Crippen LogP contribution in [0.2, 0.25) is 0 Å². The van der Waals surface area contributed by atoms with Gasteiger partial charge >= 0.3 is 5.97 Å². The molecule has 3 nitrogen and oxygen atoms in total. The third kappa shape index (κ3) is 2.31. The van der Waals surface area contributed by atoms with Crippen molar-refractivity contribution in [1.29, 1.82) is 0 Å². The summed E-state index contributed by atoms with van der Waals surface area (Å²) in [4.78, 5) is 21.4. The first-order valence-electron chi connectivity index (χ1n) is 4.03. The number of hydrogen-bond donors (Lipinski definition) is 1. The summed E-state index contributed by atoms with van der Waals surface area (Å²) in [5, 5.41) is 8.81. The first kappa shape index (κ1) is 11.2. The Labute approximate surface area is 95.3 Å². The summed E-state index contributed by atoms with van der Waals surface area (Å²) in [5.41, 5.74) is 1.01. The van der Waals surface area contributed by atoms with Crippen molar-refractivity contribution in [1.82, 2.24) is 0 Å². The molecule has 0 spiro atoms. The van der Waals surface area contributed by atoms with Gasteiger partial charge in [-0.15, -0.1) is 0 Å². The summed E-state index contributed by atoms with van der Waals surface area (Å²) in [6.07, 6.45) is 0.691. The summed E-state index contributed by atoms with van der Waals surface area (Å²) >= 11 is 2.08. The molecule has 1 N–H and O–H groups in total. The zero-order valence-electron chi connectivity index (χ0n) is 7.53. The van der Waals surface area contributed by atoms with E-state index in [0.29, 0.717) is 17.4 Å². The smallest absolute Gasteiger partial charge is 0.310 e. The fourth-order valence-electron chi connectivity index (χ4n) is 1.18. The second kappa shape index (κ2) is 4.54. The Kier molecular flexibility index (Phi) is 3.62. The number of halogens is 1. The zero-order valence-corrected chi connectivity index (χ0v) is 9.69. The van der Waals surface area contributed by atoms with Crippen LogP contribution in [0.4, 0.5) is 0 Å². The Balaban J connectivity index is 3.20. The predicted octanol–water partition coefficient (Wildman–Crippen LogP) is 2.29. The second-order valence-corrected chi connectivity index (χ2v) is 4.20. The van der Waals surface area contributed by atoms with Crippen molar-refractivity contribution in [2.24, 2.45) is 0 Å². The Morgan fingerprint density at radius 3 is 2.71 bits per heavy atom. The van der Waals surface area contributed by atoms with Crippen molar-refractivity contribution in [3.63, 3.8) is 0 Å². The predicted molar refractivity (Wildman–Crippen MR) is 60.6 cm³/mol. The van der Waals surface area contributed by atoms with Crippen LogP contribution in [0.3, 0.4) is 0 Å².